The Morgan fingerprint density at radius 3 is 2.54 bits per heavy atom. The second-order valence-electron chi connectivity index (χ2n) is 3.61. The van der Waals surface area contributed by atoms with Crippen molar-refractivity contribution in [1.29, 1.82) is 0 Å². The number of rotatable bonds is 6. The Morgan fingerprint density at radius 1 is 1.46 bits per heavy atom. The Labute approximate surface area is 79.7 Å². The van der Waals surface area contributed by atoms with Crippen molar-refractivity contribution in [2.75, 3.05) is 19.8 Å². The van der Waals surface area contributed by atoms with Crippen LogP contribution in [0.15, 0.2) is 12.7 Å². The Hall–Kier alpha value is -0.830. The lowest BCUT2D eigenvalue weighted by molar-refractivity contribution is -0.141. The first kappa shape index (κ1) is 12.2. The average molecular weight is 186 g/mol. The van der Waals surface area contributed by atoms with Gasteiger partial charge in [-0.25, -0.2) is 4.79 Å². The smallest absolute Gasteiger partial charge is 0.330 e. The van der Waals surface area contributed by atoms with Gasteiger partial charge in [0.05, 0.1) is 13.2 Å². The van der Waals surface area contributed by atoms with Crippen molar-refractivity contribution in [3.05, 3.63) is 12.7 Å². The minimum atomic E-state index is -0.385. The fourth-order valence-electron chi connectivity index (χ4n) is 0.745. The highest BCUT2D eigenvalue weighted by atomic mass is 16.5. The third kappa shape index (κ3) is 6.34. The van der Waals surface area contributed by atoms with E-state index in [0.29, 0.717) is 19.8 Å². The molecular formula is C10H18O3. The van der Waals surface area contributed by atoms with Crippen molar-refractivity contribution in [1.82, 2.24) is 0 Å². The molecule has 0 heterocycles. The molecule has 3 heteroatoms. The molecule has 0 spiro atoms. The van der Waals surface area contributed by atoms with Crippen LogP contribution in [0, 0.1) is 5.41 Å². The second kappa shape index (κ2) is 5.75. The average Bonchev–Trinajstić information content (AvgIpc) is 2.11. The number of carbonyl (C=O) groups is 1. The normalized spacial score (nSPS) is 11.0. The van der Waals surface area contributed by atoms with Gasteiger partial charge in [-0.05, 0) is 6.92 Å². The Bertz CT molecular complexity index is 173. The van der Waals surface area contributed by atoms with Crippen LogP contribution >= 0.6 is 0 Å². The molecular weight excluding hydrogens is 168 g/mol. The van der Waals surface area contributed by atoms with Crippen LogP contribution in [0.3, 0.4) is 0 Å². The molecule has 0 aliphatic heterocycles. The molecule has 0 aromatic rings. The van der Waals surface area contributed by atoms with Crippen LogP contribution < -0.4 is 0 Å². The van der Waals surface area contributed by atoms with Gasteiger partial charge in [-0.15, -0.1) is 0 Å². The maximum atomic E-state index is 10.8. The third-order valence-corrected chi connectivity index (χ3v) is 1.47. The van der Waals surface area contributed by atoms with Crippen LogP contribution in [0.4, 0.5) is 0 Å². The zero-order valence-corrected chi connectivity index (χ0v) is 8.63. The molecule has 0 aliphatic rings. The molecule has 0 amide bonds. The van der Waals surface area contributed by atoms with Crippen LogP contribution in [-0.2, 0) is 14.3 Å². The summed E-state index contributed by atoms with van der Waals surface area (Å²) >= 11 is 0. The highest BCUT2D eigenvalue weighted by Gasteiger charge is 2.19. The van der Waals surface area contributed by atoms with Crippen molar-refractivity contribution >= 4 is 5.97 Å². The molecule has 0 aromatic heterocycles. The number of hydrogen-bond acceptors (Lipinski definition) is 3. The summed E-state index contributed by atoms with van der Waals surface area (Å²) in [6, 6.07) is 0. The largest absolute Gasteiger partial charge is 0.462 e. The van der Waals surface area contributed by atoms with Crippen LogP contribution in [-0.4, -0.2) is 25.8 Å². The summed E-state index contributed by atoms with van der Waals surface area (Å²) in [5.41, 5.74) is -0.130. The van der Waals surface area contributed by atoms with Gasteiger partial charge in [0.1, 0.15) is 0 Å². The van der Waals surface area contributed by atoms with Crippen LogP contribution in [0.2, 0.25) is 0 Å². The van der Waals surface area contributed by atoms with Gasteiger partial charge in [0.2, 0.25) is 0 Å². The van der Waals surface area contributed by atoms with E-state index in [9.17, 15) is 4.79 Å². The lowest BCUT2D eigenvalue weighted by Crippen LogP contribution is -2.26. The molecule has 0 atom stereocenters. The van der Waals surface area contributed by atoms with E-state index in [1.54, 1.807) is 0 Å². The van der Waals surface area contributed by atoms with Gasteiger partial charge >= 0.3 is 5.97 Å². The molecule has 3 nitrogen and oxygen atoms in total. The molecule has 13 heavy (non-hydrogen) atoms. The summed E-state index contributed by atoms with van der Waals surface area (Å²) < 4.78 is 10.2. The summed E-state index contributed by atoms with van der Waals surface area (Å²) in [6.45, 7) is 10.9. The first-order chi connectivity index (χ1) is 6.02. The van der Waals surface area contributed by atoms with E-state index in [0.717, 1.165) is 6.08 Å². The molecule has 0 rings (SSSR count). The lowest BCUT2D eigenvalue weighted by atomic mass is 9.96. The Morgan fingerprint density at radius 2 is 2.08 bits per heavy atom. The molecule has 0 bridgehead atoms. The van der Waals surface area contributed by atoms with E-state index in [1.807, 2.05) is 20.8 Å². The van der Waals surface area contributed by atoms with Gasteiger partial charge in [0, 0.05) is 18.1 Å². The minimum Gasteiger partial charge on any atom is -0.462 e. The SMILES string of the molecule is C=CC(=O)OCC(C)(C)COCC. The standard InChI is InChI=1S/C10H18O3/c1-5-9(11)13-8-10(3,4)7-12-6-2/h5H,1,6-8H2,2-4H3. The van der Waals surface area contributed by atoms with Gasteiger partial charge < -0.3 is 9.47 Å². The Balaban J connectivity index is 3.74. The van der Waals surface area contributed by atoms with E-state index < -0.39 is 0 Å². The molecule has 0 fully saturated rings. The molecule has 0 saturated heterocycles. The number of hydrogen-bond donors (Lipinski definition) is 0. The zero-order valence-electron chi connectivity index (χ0n) is 8.63. The van der Waals surface area contributed by atoms with Gasteiger partial charge in [-0.2, -0.15) is 0 Å². The second-order valence-corrected chi connectivity index (χ2v) is 3.61. The fourth-order valence-corrected chi connectivity index (χ4v) is 0.745. The third-order valence-electron chi connectivity index (χ3n) is 1.47. The van der Waals surface area contributed by atoms with Crippen molar-refractivity contribution in [2.24, 2.45) is 5.41 Å². The van der Waals surface area contributed by atoms with Crippen molar-refractivity contribution in [3.63, 3.8) is 0 Å². The van der Waals surface area contributed by atoms with E-state index in [-0.39, 0.29) is 11.4 Å². The molecule has 0 saturated carbocycles. The Kier molecular flexibility index (Phi) is 5.39. The lowest BCUT2D eigenvalue weighted by Gasteiger charge is -2.23. The first-order valence-corrected chi connectivity index (χ1v) is 4.39. The van der Waals surface area contributed by atoms with Crippen LogP contribution in [0.25, 0.3) is 0 Å². The van der Waals surface area contributed by atoms with E-state index >= 15 is 0 Å². The fraction of sp³-hybridized carbons (Fsp3) is 0.700. The summed E-state index contributed by atoms with van der Waals surface area (Å²) in [4.78, 5) is 10.8. The van der Waals surface area contributed by atoms with Crippen molar-refractivity contribution in [3.8, 4) is 0 Å². The van der Waals surface area contributed by atoms with Gasteiger partial charge in [0.15, 0.2) is 0 Å². The monoisotopic (exact) mass is 186 g/mol. The summed E-state index contributed by atoms with van der Waals surface area (Å²) in [6.07, 6.45) is 1.16. The molecule has 0 aliphatic carbocycles. The molecule has 0 unspecified atom stereocenters. The van der Waals surface area contributed by atoms with E-state index in [2.05, 4.69) is 6.58 Å². The van der Waals surface area contributed by atoms with E-state index in [4.69, 9.17) is 9.47 Å². The predicted molar refractivity (Wildman–Crippen MR) is 51.4 cm³/mol. The van der Waals surface area contributed by atoms with Gasteiger partial charge in [0.25, 0.3) is 0 Å². The topological polar surface area (TPSA) is 35.5 Å². The molecule has 0 aromatic carbocycles. The van der Waals surface area contributed by atoms with Gasteiger partial charge in [-0.3, -0.25) is 0 Å². The highest BCUT2D eigenvalue weighted by Crippen LogP contribution is 2.15. The zero-order chi connectivity index (χ0) is 10.3. The van der Waals surface area contributed by atoms with Gasteiger partial charge in [-0.1, -0.05) is 20.4 Å². The van der Waals surface area contributed by atoms with Crippen molar-refractivity contribution in [2.45, 2.75) is 20.8 Å². The number of carbonyl (C=O) groups excluding carboxylic acids is 1. The van der Waals surface area contributed by atoms with Crippen LogP contribution in [0.1, 0.15) is 20.8 Å². The highest BCUT2D eigenvalue weighted by molar-refractivity contribution is 5.81. The number of ether oxygens (including phenoxy) is 2. The molecule has 0 N–H and O–H groups in total. The number of esters is 1. The molecule has 76 valence electrons. The van der Waals surface area contributed by atoms with Crippen molar-refractivity contribution < 1.29 is 14.3 Å². The van der Waals surface area contributed by atoms with Crippen LogP contribution in [0.5, 0.6) is 0 Å². The summed E-state index contributed by atoms with van der Waals surface area (Å²) in [7, 11) is 0. The maximum Gasteiger partial charge on any atom is 0.330 e. The minimum absolute atomic E-state index is 0.130. The first-order valence-electron chi connectivity index (χ1n) is 4.39. The summed E-state index contributed by atoms with van der Waals surface area (Å²) in [5.74, 6) is -0.385. The predicted octanol–water partition coefficient (Wildman–Crippen LogP) is 1.78. The molecule has 0 radical (unpaired) electrons. The summed E-state index contributed by atoms with van der Waals surface area (Å²) in [5, 5.41) is 0. The van der Waals surface area contributed by atoms with E-state index in [1.165, 1.54) is 0 Å². The quantitative estimate of drug-likeness (QED) is 0.468. The maximum absolute atomic E-state index is 10.8.